The molecule has 29 heavy (non-hydrogen) atoms. The highest BCUT2D eigenvalue weighted by Crippen LogP contribution is 2.31. The van der Waals surface area contributed by atoms with Crippen molar-refractivity contribution in [3.05, 3.63) is 65.6 Å². The van der Waals surface area contributed by atoms with E-state index >= 15 is 0 Å². The molecule has 152 valence electrons. The zero-order valence-corrected chi connectivity index (χ0v) is 15.0. The number of carbonyl (C=O) groups excluding carboxylic acids is 1. The molecule has 6 nitrogen and oxygen atoms in total. The summed E-state index contributed by atoms with van der Waals surface area (Å²) in [4.78, 5) is 12.3. The van der Waals surface area contributed by atoms with Crippen LogP contribution in [0.2, 0.25) is 0 Å². The summed E-state index contributed by atoms with van der Waals surface area (Å²) in [6, 6.07) is 10.9. The van der Waals surface area contributed by atoms with E-state index in [4.69, 9.17) is 4.74 Å². The Labute approximate surface area is 162 Å². The largest absolute Gasteiger partial charge is 0.573 e. The highest BCUT2D eigenvalue weighted by atomic mass is 19.4. The van der Waals surface area contributed by atoms with Gasteiger partial charge in [-0.2, -0.15) is 5.10 Å². The Balaban J connectivity index is 1.73. The maximum atomic E-state index is 13.8. The van der Waals surface area contributed by atoms with Crippen LogP contribution in [-0.2, 0) is 6.54 Å². The minimum absolute atomic E-state index is 0.0211. The zero-order valence-electron chi connectivity index (χ0n) is 15.0. The Kier molecular flexibility index (Phi) is 5.71. The Morgan fingerprint density at radius 1 is 1.17 bits per heavy atom. The Morgan fingerprint density at radius 2 is 1.93 bits per heavy atom. The number of amides is 1. The van der Waals surface area contributed by atoms with Gasteiger partial charge in [0.1, 0.15) is 5.75 Å². The molecule has 0 saturated carbocycles. The van der Waals surface area contributed by atoms with E-state index in [1.807, 2.05) is 0 Å². The van der Waals surface area contributed by atoms with Crippen molar-refractivity contribution in [2.45, 2.75) is 12.9 Å². The van der Waals surface area contributed by atoms with Crippen molar-refractivity contribution < 1.29 is 31.8 Å². The molecule has 3 aromatic rings. The van der Waals surface area contributed by atoms with Gasteiger partial charge in [0, 0.05) is 5.56 Å². The molecule has 0 radical (unpaired) electrons. The average molecular weight is 409 g/mol. The van der Waals surface area contributed by atoms with Gasteiger partial charge in [-0.05, 0) is 30.3 Å². The number of hydrogen-bond donors (Lipinski definition) is 2. The van der Waals surface area contributed by atoms with Crippen LogP contribution >= 0.6 is 0 Å². The number of carbonyl (C=O) groups is 1. The third-order valence-electron chi connectivity index (χ3n) is 3.87. The molecular weight excluding hydrogens is 394 g/mol. The number of nitrogens with one attached hydrogen (secondary N) is 2. The van der Waals surface area contributed by atoms with Gasteiger partial charge >= 0.3 is 6.36 Å². The van der Waals surface area contributed by atoms with Crippen LogP contribution < -0.4 is 14.8 Å². The number of methoxy groups -OCH3 is 1. The van der Waals surface area contributed by atoms with Crippen molar-refractivity contribution in [3.63, 3.8) is 0 Å². The van der Waals surface area contributed by atoms with Crippen LogP contribution in [0.3, 0.4) is 0 Å². The van der Waals surface area contributed by atoms with Gasteiger partial charge in [0.2, 0.25) is 0 Å². The van der Waals surface area contributed by atoms with E-state index in [0.717, 1.165) is 6.07 Å². The molecule has 0 aliphatic rings. The summed E-state index contributed by atoms with van der Waals surface area (Å²) in [6.45, 7) is -0.0518. The minimum Gasteiger partial charge on any atom is -0.493 e. The molecule has 0 saturated heterocycles. The predicted molar refractivity (Wildman–Crippen MR) is 94.8 cm³/mol. The van der Waals surface area contributed by atoms with Gasteiger partial charge in [0.05, 0.1) is 30.6 Å². The second kappa shape index (κ2) is 8.21. The molecule has 3 rings (SSSR count). The molecule has 10 heteroatoms. The molecule has 1 amide bonds. The van der Waals surface area contributed by atoms with Crippen molar-refractivity contribution in [3.8, 4) is 22.8 Å². The van der Waals surface area contributed by atoms with E-state index in [2.05, 4.69) is 20.3 Å². The highest BCUT2D eigenvalue weighted by Gasteiger charge is 2.32. The van der Waals surface area contributed by atoms with E-state index < -0.39 is 23.8 Å². The van der Waals surface area contributed by atoms with Gasteiger partial charge in [0.15, 0.2) is 11.6 Å². The van der Waals surface area contributed by atoms with Crippen LogP contribution in [0, 0.1) is 5.82 Å². The summed E-state index contributed by atoms with van der Waals surface area (Å²) >= 11 is 0. The number of aromatic amines is 1. The standard InChI is InChI=1S/C19H15F4N3O3/c1-28-17-12(6-4-7-14(17)20)15-9-11(25-26-15)10-24-18(27)13-5-2-3-8-16(13)29-19(21,22)23/h2-9H,10H2,1H3,(H,24,27)(H,25,26). The molecular formula is C19H15F4N3O3. The first-order valence-electron chi connectivity index (χ1n) is 8.28. The number of rotatable bonds is 6. The normalized spacial score (nSPS) is 11.2. The number of nitrogens with zero attached hydrogens (tertiary/aromatic N) is 1. The smallest absolute Gasteiger partial charge is 0.493 e. The van der Waals surface area contributed by atoms with Gasteiger partial charge in [-0.3, -0.25) is 9.89 Å². The van der Waals surface area contributed by atoms with Gasteiger partial charge in [-0.1, -0.05) is 18.2 Å². The van der Waals surface area contributed by atoms with E-state index in [-0.39, 0.29) is 17.9 Å². The molecule has 0 fully saturated rings. The molecule has 2 N–H and O–H groups in total. The van der Waals surface area contributed by atoms with E-state index in [1.54, 1.807) is 12.1 Å². The van der Waals surface area contributed by atoms with Crippen molar-refractivity contribution in [2.75, 3.05) is 7.11 Å². The highest BCUT2D eigenvalue weighted by molar-refractivity contribution is 5.96. The van der Waals surface area contributed by atoms with Gasteiger partial charge in [-0.25, -0.2) is 4.39 Å². The van der Waals surface area contributed by atoms with Crippen LogP contribution in [0.1, 0.15) is 16.1 Å². The summed E-state index contributed by atoms with van der Waals surface area (Å²) in [5, 5.41) is 9.22. The molecule has 2 aromatic carbocycles. The van der Waals surface area contributed by atoms with Crippen molar-refractivity contribution in [1.82, 2.24) is 15.5 Å². The molecule has 1 aromatic heterocycles. The maximum absolute atomic E-state index is 13.8. The topological polar surface area (TPSA) is 76.2 Å². The second-order valence-electron chi connectivity index (χ2n) is 5.83. The third kappa shape index (κ3) is 4.84. The Hall–Kier alpha value is -3.56. The number of aromatic nitrogens is 2. The number of para-hydroxylation sites is 2. The molecule has 0 aliphatic heterocycles. The number of ether oxygens (including phenoxy) is 2. The monoisotopic (exact) mass is 409 g/mol. The van der Waals surface area contributed by atoms with Crippen molar-refractivity contribution in [1.29, 1.82) is 0 Å². The van der Waals surface area contributed by atoms with E-state index in [9.17, 15) is 22.4 Å². The lowest BCUT2D eigenvalue weighted by molar-refractivity contribution is -0.274. The van der Waals surface area contributed by atoms with Crippen molar-refractivity contribution >= 4 is 5.91 Å². The summed E-state index contributed by atoms with van der Waals surface area (Å²) in [5.41, 5.74) is 0.974. The molecule has 0 unspecified atom stereocenters. The lowest BCUT2D eigenvalue weighted by atomic mass is 10.1. The molecule has 0 atom stereocenters. The van der Waals surface area contributed by atoms with Gasteiger partial charge in [0.25, 0.3) is 5.91 Å². The first kappa shape index (κ1) is 20.2. The second-order valence-corrected chi connectivity index (χ2v) is 5.83. The van der Waals surface area contributed by atoms with Gasteiger partial charge in [-0.15, -0.1) is 13.2 Å². The quantitative estimate of drug-likeness (QED) is 0.603. The van der Waals surface area contributed by atoms with E-state index in [1.165, 1.54) is 37.4 Å². The fourth-order valence-corrected chi connectivity index (χ4v) is 2.65. The minimum atomic E-state index is -4.92. The molecule has 0 spiro atoms. The fourth-order valence-electron chi connectivity index (χ4n) is 2.65. The summed E-state index contributed by atoms with van der Waals surface area (Å²) < 4.78 is 60.2. The number of alkyl halides is 3. The Bertz CT molecular complexity index is 1020. The van der Waals surface area contributed by atoms with Crippen LogP contribution in [0.5, 0.6) is 11.5 Å². The molecule has 0 bridgehead atoms. The third-order valence-corrected chi connectivity index (χ3v) is 3.87. The SMILES string of the molecule is COc1c(F)cccc1-c1cc(CNC(=O)c2ccccc2OC(F)(F)F)[nH]n1. The number of halogens is 4. The van der Waals surface area contributed by atoms with Crippen LogP contribution in [0.25, 0.3) is 11.3 Å². The number of hydrogen-bond acceptors (Lipinski definition) is 4. The van der Waals surface area contributed by atoms with Crippen molar-refractivity contribution in [2.24, 2.45) is 0 Å². The number of benzene rings is 2. The lowest BCUT2D eigenvalue weighted by Crippen LogP contribution is -2.25. The predicted octanol–water partition coefficient (Wildman–Crippen LogP) is 4.05. The maximum Gasteiger partial charge on any atom is 0.573 e. The fraction of sp³-hybridized carbons (Fsp3) is 0.158. The molecule has 1 heterocycles. The Morgan fingerprint density at radius 3 is 2.66 bits per heavy atom. The van der Waals surface area contributed by atoms with Crippen LogP contribution in [0.4, 0.5) is 17.6 Å². The lowest BCUT2D eigenvalue weighted by Gasteiger charge is -2.12. The zero-order chi connectivity index (χ0) is 21.0. The van der Waals surface area contributed by atoms with Crippen LogP contribution in [0.15, 0.2) is 48.5 Å². The van der Waals surface area contributed by atoms with Crippen LogP contribution in [-0.4, -0.2) is 29.6 Å². The summed E-state index contributed by atoms with van der Waals surface area (Å²) in [7, 11) is 1.33. The number of H-pyrrole nitrogens is 1. The average Bonchev–Trinajstić information content (AvgIpc) is 3.14. The first-order chi connectivity index (χ1) is 13.8. The summed E-state index contributed by atoms with van der Waals surface area (Å²) in [5.74, 6) is -1.89. The van der Waals surface area contributed by atoms with E-state index in [0.29, 0.717) is 17.0 Å². The molecule has 0 aliphatic carbocycles. The first-order valence-corrected chi connectivity index (χ1v) is 8.28. The van der Waals surface area contributed by atoms with Gasteiger partial charge < -0.3 is 14.8 Å². The summed E-state index contributed by atoms with van der Waals surface area (Å²) in [6.07, 6.45) is -4.92.